The second-order valence-electron chi connectivity index (χ2n) is 5.69. The van der Waals surface area contributed by atoms with E-state index in [2.05, 4.69) is 25.9 Å². The van der Waals surface area contributed by atoms with Crippen molar-refractivity contribution in [3.05, 3.63) is 65.3 Å². The topological polar surface area (TPSA) is 78.9 Å². The molecule has 0 aliphatic heterocycles. The Hall–Kier alpha value is -3.12. The third kappa shape index (κ3) is 4.49. The van der Waals surface area contributed by atoms with Crippen molar-refractivity contribution in [3.63, 3.8) is 0 Å². The van der Waals surface area contributed by atoms with Gasteiger partial charge in [0.15, 0.2) is 0 Å². The Morgan fingerprint density at radius 3 is 2.46 bits per heavy atom. The van der Waals surface area contributed by atoms with Crippen LogP contribution in [0, 0.1) is 6.92 Å². The van der Waals surface area contributed by atoms with Crippen molar-refractivity contribution < 1.29 is 4.79 Å². The van der Waals surface area contributed by atoms with Crippen LogP contribution in [0.25, 0.3) is 0 Å². The van der Waals surface area contributed by atoms with Gasteiger partial charge in [-0.3, -0.25) is 4.79 Å². The van der Waals surface area contributed by atoms with Gasteiger partial charge >= 0.3 is 0 Å². The highest BCUT2D eigenvalue weighted by Crippen LogP contribution is 2.25. The van der Waals surface area contributed by atoms with Gasteiger partial charge in [-0.1, -0.05) is 17.7 Å². The average molecular weight is 368 g/mol. The number of anilines is 5. The first-order chi connectivity index (χ1) is 12.5. The smallest absolute Gasteiger partial charge is 0.229 e. The number of carbonyl (C=O) groups is 1. The van der Waals surface area contributed by atoms with Gasteiger partial charge in [-0.25, -0.2) is 4.98 Å². The van der Waals surface area contributed by atoms with E-state index < -0.39 is 0 Å². The molecule has 0 unspecified atom stereocenters. The van der Waals surface area contributed by atoms with E-state index in [0.717, 1.165) is 22.6 Å². The summed E-state index contributed by atoms with van der Waals surface area (Å²) in [5.74, 6) is 1.01. The van der Waals surface area contributed by atoms with Gasteiger partial charge in [0.2, 0.25) is 11.9 Å². The van der Waals surface area contributed by atoms with Crippen molar-refractivity contribution in [2.24, 2.45) is 0 Å². The molecule has 3 aromatic rings. The van der Waals surface area contributed by atoms with Crippen LogP contribution >= 0.6 is 11.6 Å². The summed E-state index contributed by atoms with van der Waals surface area (Å²) in [5.41, 5.74) is 3.38. The van der Waals surface area contributed by atoms with E-state index in [1.54, 1.807) is 12.3 Å². The summed E-state index contributed by atoms with van der Waals surface area (Å²) in [4.78, 5) is 19.8. The van der Waals surface area contributed by atoms with E-state index in [4.69, 9.17) is 11.6 Å². The Balaban J connectivity index is 1.73. The molecule has 0 atom stereocenters. The fourth-order valence-corrected chi connectivity index (χ4v) is 2.51. The van der Waals surface area contributed by atoms with Crippen LogP contribution in [0.15, 0.2) is 54.7 Å². The lowest BCUT2D eigenvalue weighted by atomic mass is 10.2. The first-order valence-electron chi connectivity index (χ1n) is 8.01. The molecule has 132 valence electrons. The predicted octanol–water partition coefficient (Wildman–Crippen LogP) is 4.88. The monoisotopic (exact) mass is 367 g/mol. The third-order valence-electron chi connectivity index (χ3n) is 3.65. The molecule has 3 N–H and O–H groups in total. The quantitative estimate of drug-likeness (QED) is 0.598. The van der Waals surface area contributed by atoms with Crippen LogP contribution in [0.5, 0.6) is 0 Å². The maximum atomic E-state index is 11.1. The molecule has 1 amide bonds. The number of hydrogen-bond acceptors (Lipinski definition) is 5. The van der Waals surface area contributed by atoms with Crippen molar-refractivity contribution in [3.8, 4) is 0 Å². The van der Waals surface area contributed by atoms with E-state index in [1.165, 1.54) is 6.92 Å². The largest absolute Gasteiger partial charge is 0.340 e. The Morgan fingerprint density at radius 2 is 1.73 bits per heavy atom. The molecule has 2 aromatic carbocycles. The van der Waals surface area contributed by atoms with Crippen molar-refractivity contribution in [1.82, 2.24) is 9.97 Å². The number of nitrogens with zero attached hydrogens (tertiary/aromatic N) is 2. The van der Waals surface area contributed by atoms with Crippen LogP contribution in [-0.4, -0.2) is 15.9 Å². The lowest BCUT2D eigenvalue weighted by Crippen LogP contribution is -2.05. The molecule has 0 spiro atoms. The molecule has 6 nitrogen and oxygen atoms in total. The number of carbonyl (C=O) groups excluding carboxylic acids is 1. The number of nitrogens with one attached hydrogen (secondary N) is 3. The molecule has 1 heterocycles. The van der Waals surface area contributed by atoms with Gasteiger partial charge in [-0.05, 0) is 55.0 Å². The SMILES string of the molecule is CC(=O)Nc1ccc(Nc2ccnc(Nc3cccc(Cl)c3C)n2)cc1. The Kier molecular flexibility index (Phi) is 5.34. The second kappa shape index (κ2) is 7.84. The molecular weight excluding hydrogens is 350 g/mol. The van der Waals surface area contributed by atoms with Crippen molar-refractivity contribution >= 4 is 46.3 Å². The summed E-state index contributed by atoms with van der Waals surface area (Å²) in [7, 11) is 0. The fourth-order valence-electron chi connectivity index (χ4n) is 2.34. The number of aromatic nitrogens is 2. The van der Waals surface area contributed by atoms with Gasteiger partial charge in [0.25, 0.3) is 0 Å². The Labute approximate surface area is 156 Å². The molecule has 0 aliphatic carbocycles. The van der Waals surface area contributed by atoms with Crippen molar-refractivity contribution in [2.75, 3.05) is 16.0 Å². The zero-order valence-corrected chi connectivity index (χ0v) is 15.1. The molecule has 0 saturated heterocycles. The van der Waals surface area contributed by atoms with E-state index in [-0.39, 0.29) is 5.91 Å². The zero-order chi connectivity index (χ0) is 18.5. The Bertz CT molecular complexity index is 927. The normalized spacial score (nSPS) is 10.3. The maximum absolute atomic E-state index is 11.1. The maximum Gasteiger partial charge on any atom is 0.229 e. The fraction of sp³-hybridized carbons (Fsp3) is 0.105. The highest BCUT2D eigenvalue weighted by atomic mass is 35.5. The highest BCUT2D eigenvalue weighted by molar-refractivity contribution is 6.31. The summed E-state index contributed by atoms with van der Waals surface area (Å²) in [6.45, 7) is 3.41. The number of amides is 1. The van der Waals surface area contributed by atoms with Crippen LogP contribution < -0.4 is 16.0 Å². The minimum Gasteiger partial charge on any atom is -0.340 e. The van der Waals surface area contributed by atoms with E-state index in [0.29, 0.717) is 16.8 Å². The van der Waals surface area contributed by atoms with Gasteiger partial charge in [0.05, 0.1) is 0 Å². The molecule has 0 radical (unpaired) electrons. The summed E-state index contributed by atoms with van der Waals surface area (Å²) >= 11 is 6.14. The number of rotatable bonds is 5. The van der Waals surface area contributed by atoms with Crippen molar-refractivity contribution in [2.45, 2.75) is 13.8 Å². The zero-order valence-electron chi connectivity index (χ0n) is 14.4. The standard InChI is InChI=1S/C19H18ClN5O/c1-12-16(20)4-3-5-17(12)24-19-21-11-10-18(25-19)23-15-8-6-14(7-9-15)22-13(2)26/h3-11H,1-2H3,(H,22,26)(H2,21,23,24,25). The molecule has 0 saturated carbocycles. The molecule has 0 bridgehead atoms. The molecule has 0 aliphatic rings. The molecule has 26 heavy (non-hydrogen) atoms. The van der Waals surface area contributed by atoms with Gasteiger partial charge in [-0.2, -0.15) is 4.98 Å². The predicted molar refractivity (Wildman–Crippen MR) is 106 cm³/mol. The van der Waals surface area contributed by atoms with E-state index in [9.17, 15) is 4.79 Å². The lowest BCUT2D eigenvalue weighted by molar-refractivity contribution is -0.114. The van der Waals surface area contributed by atoms with Gasteiger partial charge in [0.1, 0.15) is 5.82 Å². The summed E-state index contributed by atoms with van der Waals surface area (Å²) in [5, 5.41) is 9.80. The van der Waals surface area contributed by atoms with Gasteiger partial charge in [-0.15, -0.1) is 0 Å². The summed E-state index contributed by atoms with van der Waals surface area (Å²) < 4.78 is 0. The highest BCUT2D eigenvalue weighted by Gasteiger charge is 2.05. The molecule has 7 heteroatoms. The van der Waals surface area contributed by atoms with Crippen molar-refractivity contribution in [1.29, 1.82) is 0 Å². The first kappa shape index (κ1) is 17.7. The summed E-state index contributed by atoms with van der Waals surface area (Å²) in [6, 6.07) is 14.8. The van der Waals surface area contributed by atoms with Crippen LogP contribution in [0.3, 0.4) is 0 Å². The second-order valence-corrected chi connectivity index (χ2v) is 6.09. The number of hydrogen-bond donors (Lipinski definition) is 3. The lowest BCUT2D eigenvalue weighted by Gasteiger charge is -2.11. The number of halogens is 1. The molecular formula is C19H18ClN5O. The Morgan fingerprint density at radius 1 is 1.00 bits per heavy atom. The third-order valence-corrected chi connectivity index (χ3v) is 4.06. The minimum atomic E-state index is -0.103. The van der Waals surface area contributed by atoms with Crippen LogP contribution in [0.4, 0.5) is 28.8 Å². The van der Waals surface area contributed by atoms with E-state index >= 15 is 0 Å². The van der Waals surface area contributed by atoms with E-state index in [1.807, 2.05) is 49.4 Å². The molecule has 3 rings (SSSR count). The van der Waals surface area contributed by atoms with Gasteiger partial charge in [0, 0.05) is 35.2 Å². The first-order valence-corrected chi connectivity index (χ1v) is 8.39. The van der Waals surface area contributed by atoms with Crippen LogP contribution in [0.2, 0.25) is 5.02 Å². The van der Waals surface area contributed by atoms with Crippen LogP contribution in [0.1, 0.15) is 12.5 Å². The average Bonchev–Trinajstić information content (AvgIpc) is 2.61. The molecule has 0 fully saturated rings. The summed E-state index contributed by atoms with van der Waals surface area (Å²) in [6.07, 6.45) is 1.67. The molecule has 1 aromatic heterocycles. The van der Waals surface area contributed by atoms with Gasteiger partial charge < -0.3 is 16.0 Å². The number of benzene rings is 2. The minimum absolute atomic E-state index is 0.103. The van der Waals surface area contributed by atoms with Crippen LogP contribution in [-0.2, 0) is 4.79 Å².